The zero-order valence-electron chi connectivity index (χ0n) is 21.1. The Bertz CT molecular complexity index is 1270. The molecule has 0 saturated carbocycles. The number of carbonyl (C=O) groups is 1. The van der Waals surface area contributed by atoms with Crippen LogP contribution in [0.4, 0.5) is 0 Å². The molecule has 1 saturated heterocycles. The maximum atomic E-state index is 13.8. The number of nitrogens with two attached hydrogens (primary N) is 1. The summed E-state index contributed by atoms with van der Waals surface area (Å²) in [5.41, 5.74) is 6.38. The summed E-state index contributed by atoms with van der Waals surface area (Å²) in [4.78, 5) is 22.0. The zero-order chi connectivity index (χ0) is 28.0. The molecule has 6 atom stereocenters. The number of esters is 1. The van der Waals surface area contributed by atoms with E-state index in [0.29, 0.717) is 0 Å². The van der Waals surface area contributed by atoms with Crippen LogP contribution in [-0.2, 0) is 25.2 Å². The van der Waals surface area contributed by atoms with Crippen molar-refractivity contribution in [3.8, 4) is 5.75 Å². The molecule has 4 rings (SSSR count). The van der Waals surface area contributed by atoms with Gasteiger partial charge in [0, 0.05) is 0 Å². The summed E-state index contributed by atoms with van der Waals surface area (Å²) in [6.45, 7) is 5.04. The second kappa shape index (κ2) is 12.8. The molecule has 2 heterocycles. The molecule has 1 fully saturated rings. The maximum Gasteiger partial charge on any atom is 0.459 e. The Morgan fingerprint density at radius 3 is 2.51 bits per heavy atom. The number of para-hydroxylation sites is 1. The van der Waals surface area contributed by atoms with E-state index >= 15 is 0 Å². The lowest BCUT2D eigenvalue weighted by Crippen LogP contribution is -2.43. The minimum atomic E-state index is -4.17. The van der Waals surface area contributed by atoms with Crippen molar-refractivity contribution in [2.24, 2.45) is 15.7 Å². The number of nitrogens with one attached hydrogen (secondary N) is 1. The highest BCUT2D eigenvalue weighted by atomic mass is 32.2. The van der Waals surface area contributed by atoms with Gasteiger partial charge in [-0.15, -0.1) is 11.8 Å². The molecule has 0 amide bonds. The number of aliphatic hydroxyl groups excluding tert-OH is 2. The van der Waals surface area contributed by atoms with Crippen LogP contribution in [0.3, 0.4) is 0 Å². The van der Waals surface area contributed by atoms with E-state index in [1.54, 1.807) is 30.3 Å². The van der Waals surface area contributed by atoms with Crippen LogP contribution >= 0.6 is 19.5 Å². The first kappa shape index (κ1) is 28.8. The van der Waals surface area contributed by atoms with Gasteiger partial charge in [0.15, 0.2) is 0 Å². The molecule has 0 aliphatic carbocycles. The molecule has 5 N–H and O–H groups in total. The summed E-state index contributed by atoms with van der Waals surface area (Å²) >= 11 is 1.16. The van der Waals surface area contributed by atoms with Gasteiger partial charge >= 0.3 is 13.7 Å². The largest absolute Gasteiger partial charge is 0.460 e. The molecular formula is C25H30N5O7PS. The summed E-state index contributed by atoms with van der Waals surface area (Å²) in [6.07, 6.45) is -1.10. The molecule has 0 spiro atoms. The number of carbonyl (C=O) groups excluding carboxylic acids is 1. The molecule has 2 aromatic carbocycles. The number of hydrogen-bond acceptors (Lipinski definition) is 12. The number of nitrogens with zero attached hydrogens (tertiary/aromatic N) is 3. The highest BCUT2D eigenvalue weighted by Gasteiger charge is 2.47. The van der Waals surface area contributed by atoms with Crippen molar-refractivity contribution < 1.29 is 33.4 Å². The number of aliphatic hydroxyl groups is 2. The topological polar surface area (TPSA) is 168 Å². The van der Waals surface area contributed by atoms with Crippen molar-refractivity contribution in [2.45, 2.75) is 42.4 Å². The first-order chi connectivity index (χ1) is 18.6. The molecule has 0 radical (unpaired) electrons. The quantitative estimate of drug-likeness (QED) is 0.229. The first-order valence-electron chi connectivity index (χ1n) is 12.0. The van der Waals surface area contributed by atoms with Gasteiger partial charge in [0.1, 0.15) is 42.0 Å². The van der Waals surface area contributed by atoms with Crippen molar-refractivity contribution in [3.63, 3.8) is 0 Å². The molecule has 2 aliphatic heterocycles. The van der Waals surface area contributed by atoms with Crippen LogP contribution in [0.1, 0.15) is 12.5 Å². The fourth-order valence-corrected chi connectivity index (χ4v) is 6.81. The van der Waals surface area contributed by atoms with Crippen molar-refractivity contribution in [1.82, 2.24) is 9.99 Å². The Balaban J connectivity index is 1.42. The van der Waals surface area contributed by atoms with Crippen molar-refractivity contribution in [3.05, 3.63) is 78.6 Å². The Labute approximate surface area is 230 Å². The Hall–Kier alpha value is -3.19. The number of hydrogen-bond donors (Lipinski definition) is 4. The summed E-state index contributed by atoms with van der Waals surface area (Å²) in [5, 5.41) is 22.6. The summed E-state index contributed by atoms with van der Waals surface area (Å²) in [7, 11) is -4.17. The molecule has 2 unspecified atom stereocenters. The Morgan fingerprint density at radius 1 is 1.18 bits per heavy atom. The van der Waals surface area contributed by atoms with E-state index in [4.69, 9.17) is 19.5 Å². The van der Waals surface area contributed by atoms with E-state index in [2.05, 4.69) is 21.7 Å². The van der Waals surface area contributed by atoms with Gasteiger partial charge in [-0.05, 0) is 24.6 Å². The van der Waals surface area contributed by atoms with Gasteiger partial charge in [0.25, 0.3) is 0 Å². The fraction of sp³-hybridized carbons (Fsp3) is 0.320. The molecule has 2 aliphatic rings. The van der Waals surface area contributed by atoms with Crippen molar-refractivity contribution >= 4 is 37.8 Å². The van der Waals surface area contributed by atoms with E-state index in [0.717, 1.165) is 17.3 Å². The Morgan fingerprint density at radius 2 is 1.85 bits per heavy atom. The predicted molar refractivity (Wildman–Crippen MR) is 148 cm³/mol. The lowest BCUT2D eigenvalue weighted by atomic mass is 10.1. The van der Waals surface area contributed by atoms with Gasteiger partial charge in [-0.1, -0.05) is 55.1 Å². The van der Waals surface area contributed by atoms with Crippen LogP contribution in [0.15, 0.2) is 83.0 Å². The van der Waals surface area contributed by atoms with Gasteiger partial charge in [-0.3, -0.25) is 9.32 Å². The average Bonchev–Trinajstić information content (AvgIpc) is 3.20. The van der Waals surface area contributed by atoms with E-state index in [1.165, 1.54) is 18.2 Å². The maximum absolute atomic E-state index is 13.8. The SMILES string of the molecule is C=C1N=C(N)N=CN1[C@@H]1S[C@H](COP(=O)(N[C@@H](C)C(=O)OCc2ccccc2)Oc2ccccc2)[C@H](O)C1O. The third-order valence-corrected chi connectivity index (χ3v) is 8.97. The molecule has 2 aromatic rings. The minimum Gasteiger partial charge on any atom is -0.460 e. The van der Waals surface area contributed by atoms with Gasteiger partial charge < -0.3 is 30.1 Å². The summed E-state index contributed by atoms with van der Waals surface area (Å²) in [5.74, 6) is -0.147. The van der Waals surface area contributed by atoms with Gasteiger partial charge in [-0.25, -0.2) is 9.56 Å². The zero-order valence-corrected chi connectivity index (χ0v) is 22.8. The first-order valence-corrected chi connectivity index (χ1v) is 14.5. The molecule has 14 heteroatoms. The lowest BCUT2D eigenvalue weighted by Gasteiger charge is -2.29. The van der Waals surface area contributed by atoms with Crippen molar-refractivity contribution in [1.29, 1.82) is 0 Å². The molecule has 12 nitrogen and oxygen atoms in total. The van der Waals surface area contributed by atoms with E-state index in [1.807, 2.05) is 30.3 Å². The number of aliphatic imine (C=N–C) groups is 2. The monoisotopic (exact) mass is 575 g/mol. The third-order valence-electron chi connectivity index (χ3n) is 5.77. The molecule has 208 valence electrons. The standard InChI is InChI=1S/C25H30N5O7PS/c1-16(24(33)35-13-18-9-5-3-6-10-18)29-38(34,37-19-11-7-4-8-12-19)36-14-20-21(31)22(32)23(39-20)30-15-27-25(26)28-17(30)2/h3-12,15-16,20-23,31-32H,2,13-14H2,1H3,(H2,26,28)(H,29,34)/t16-,20+,21-,22?,23+,38?/m0/s1. The average molecular weight is 576 g/mol. The lowest BCUT2D eigenvalue weighted by molar-refractivity contribution is -0.146. The smallest absolute Gasteiger partial charge is 0.459 e. The van der Waals surface area contributed by atoms with Crippen LogP contribution in [0.2, 0.25) is 0 Å². The van der Waals surface area contributed by atoms with Gasteiger partial charge in [-0.2, -0.15) is 10.1 Å². The Kier molecular flexibility index (Phi) is 9.44. The highest BCUT2D eigenvalue weighted by Crippen LogP contribution is 2.47. The van der Waals surface area contributed by atoms with Gasteiger partial charge in [0.2, 0.25) is 5.96 Å². The third kappa shape index (κ3) is 7.47. The van der Waals surface area contributed by atoms with E-state index < -0.39 is 42.6 Å². The second-order valence-corrected chi connectivity index (χ2v) is 11.8. The van der Waals surface area contributed by atoms with Crippen LogP contribution in [0, 0.1) is 0 Å². The number of thioether (sulfide) groups is 1. The minimum absolute atomic E-state index is 0.0238. The highest BCUT2D eigenvalue weighted by molar-refractivity contribution is 8.00. The number of guanidine groups is 1. The summed E-state index contributed by atoms with van der Waals surface area (Å²) in [6, 6.07) is 16.4. The van der Waals surface area contributed by atoms with Crippen LogP contribution in [0.5, 0.6) is 5.75 Å². The fourth-order valence-electron chi connectivity index (χ4n) is 3.74. The summed E-state index contributed by atoms with van der Waals surface area (Å²) < 4.78 is 30.5. The second-order valence-electron chi connectivity index (χ2n) is 8.73. The van der Waals surface area contributed by atoms with Gasteiger partial charge in [0.05, 0.1) is 18.0 Å². The van der Waals surface area contributed by atoms with E-state index in [9.17, 15) is 19.6 Å². The van der Waals surface area contributed by atoms with Crippen LogP contribution in [-0.4, -0.2) is 68.9 Å². The normalized spacial score (nSPS) is 25.1. The van der Waals surface area contributed by atoms with E-state index in [-0.39, 0.29) is 30.7 Å². The van der Waals surface area contributed by atoms with Crippen LogP contribution in [0.25, 0.3) is 0 Å². The predicted octanol–water partition coefficient (Wildman–Crippen LogP) is 2.20. The van der Waals surface area contributed by atoms with Crippen molar-refractivity contribution in [2.75, 3.05) is 6.61 Å². The number of ether oxygens (including phenoxy) is 1. The molecular weight excluding hydrogens is 545 g/mol. The van der Waals surface area contributed by atoms with Crippen LogP contribution < -0.4 is 15.3 Å². The number of rotatable bonds is 11. The number of benzene rings is 2. The molecule has 0 bridgehead atoms. The molecule has 0 aromatic heterocycles. The molecule has 39 heavy (non-hydrogen) atoms.